The molecule has 0 aromatic heterocycles. The van der Waals surface area contributed by atoms with Gasteiger partial charge >= 0.3 is 5.97 Å². The molecule has 0 aromatic rings. The fraction of sp³-hybridized carbons (Fsp3) is 0.636. The molecule has 2 amide bonds. The molecule has 0 saturated carbocycles. The van der Waals surface area contributed by atoms with Crippen LogP contribution in [0.3, 0.4) is 0 Å². The number of hydrazone groups is 1. The van der Waals surface area contributed by atoms with Crippen LogP contribution in [-0.4, -0.2) is 34.1 Å². The van der Waals surface area contributed by atoms with Crippen LogP contribution in [0.5, 0.6) is 0 Å². The van der Waals surface area contributed by atoms with Gasteiger partial charge in [-0.2, -0.15) is 5.10 Å². The predicted octanol–water partition coefficient (Wildman–Crippen LogP) is 0.0120. The number of carbonyl (C=O) groups is 3. The van der Waals surface area contributed by atoms with Gasteiger partial charge in [0.05, 0.1) is 0 Å². The standard InChI is InChI=1S/C11H17N3O4/c1-11(2,6-5-9(16)17)12-10(18)7-3-4-8(15)14-13-7/h3-6H2,1-2H3,(H,12,18)(H,14,15)(H,16,17). The second-order valence-electron chi connectivity index (χ2n) is 4.83. The Morgan fingerprint density at radius 3 is 2.61 bits per heavy atom. The van der Waals surface area contributed by atoms with E-state index in [1.54, 1.807) is 13.8 Å². The van der Waals surface area contributed by atoms with Gasteiger partial charge in [0.2, 0.25) is 5.91 Å². The summed E-state index contributed by atoms with van der Waals surface area (Å²) in [5.74, 6) is -1.48. The minimum atomic E-state index is -0.903. The van der Waals surface area contributed by atoms with Gasteiger partial charge in [0.25, 0.3) is 5.91 Å². The zero-order valence-corrected chi connectivity index (χ0v) is 10.4. The number of carbonyl (C=O) groups excluding carboxylic acids is 2. The third-order valence-electron chi connectivity index (χ3n) is 2.58. The Balaban J connectivity index is 2.53. The summed E-state index contributed by atoms with van der Waals surface area (Å²) >= 11 is 0. The van der Waals surface area contributed by atoms with Crippen LogP contribution < -0.4 is 10.7 Å². The van der Waals surface area contributed by atoms with Crippen molar-refractivity contribution < 1.29 is 19.5 Å². The van der Waals surface area contributed by atoms with E-state index in [1.807, 2.05) is 0 Å². The maximum Gasteiger partial charge on any atom is 0.303 e. The van der Waals surface area contributed by atoms with Crippen molar-refractivity contribution in [1.82, 2.24) is 10.7 Å². The Kier molecular flexibility index (Phi) is 4.41. The average molecular weight is 255 g/mol. The minimum absolute atomic E-state index is 0.0174. The van der Waals surface area contributed by atoms with Crippen molar-refractivity contribution in [3.05, 3.63) is 0 Å². The molecule has 0 radical (unpaired) electrons. The first kappa shape index (κ1) is 14.1. The Labute approximate surface area is 105 Å². The normalized spacial score (nSPS) is 15.7. The number of nitrogens with zero attached hydrogens (tertiary/aromatic N) is 1. The molecular formula is C11H17N3O4. The van der Waals surface area contributed by atoms with E-state index < -0.39 is 11.5 Å². The van der Waals surface area contributed by atoms with Gasteiger partial charge in [0, 0.05) is 24.8 Å². The van der Waals surface area contributed by atoms with Gasteiger partial charge in [-0.25, -0.2) is 5.43 Å². The Morgan fingerprint density at radius 1 is 1.44 bits per heavy atom. The molecule has 7 heteroatoms. The lowest BCUT2D eigenvalue weighted by molar-refractivity contribution is -0.137. The fourth-order valence-corrected chi connectivity index (χ4v) is 1.50. The van der Waals surface area contributed by atoms with Gasteiger partial charge in [-0.3, -0.25) is 14.4 Å². The molecular weight excluding hydrogens is 238 g/mol. The van der Waals surface area contributed by atoms with Crippen LogP contribution in [-0.2, 0) is 14.4 Å². The molecule has 0 aromatic carbocycles. The highest BCUT2D eigenvalue weighted by Gasteiger charge is 2.25. The Hall–Kier alpha value is -1.92. The lowest BCUT2D eigenvalue weighted by Gasteiger charge is -2.26. The summed E-state index contributed by atoms with van der Waals surface area (Å²) < 4.78 is 0. The van der Waals surface area contributed by atoms with Crippen molar-refractivity contribution in [2.75, 3.05) is 0 Å². The predicted molar refractivity (Wildman–Crippen MR) is 63.9 cm³/mol. The molecule has 0 saturated heterocycles. The van der Waals surface area contributed by atoms with E-state index in [9.17, 15) is 14.4 Å². The van der Waals surface area contributed by atoms with Crippen LogP contribution in [0.25, 0.3) is 0 Å². The van der Waals surface area contributed by atoms with Crippen molar-refractivity contribution in [1.29, 1.82) is 0 Å². The lowest BCUT2D eigenvalue weighted by Crippen LogP contribution is -2.48. The first-order chi connectivity index (χ1) is 8.30. The molecule has 3 N–H and O–H groups in total. The molecule has 0 spiro atoms. The monoisotopic (exact) mass is 255 g/mol. The molecule has 1 rings (SSSR count). The van der Waals surface area contributed by atoms with E-state index in [-0.39, 0.29) is 30.4 Å². The zero-order valence-electron chi connectivity index (χ0n) is 10.4. The number of carboxylic acid groups (broad SMARTS) is 1. The van der Waals surface area contributed by atoms with E-state index in [0.29, 0.717) is 12.8 Å². The third kappa shape index (κ3) is 4.52. The molecule has 0 atom stereocenters. The first-order valence-corrected chi connectivity index (χ1v) is 5.70. The van der Waals surface area contributed by atoms with E-state index in [1.165, 1.54) is 0 Å². The zero-order chi connectivity index (χ0) is 13.8. The van der Waals surface area contributed by atoms with Crippen LogP contribution in [0.1, 0.15) is 39.5 Å². The quantitative estimate of drug-likeness (QED) is 0.643. The average Bonchev–Trinajstić information content (AvgIpc) is 2.27. The second kappa shape index (κ2) is 5.61. The summed E-state index contributed by atoms with van der Waals surface area (Å²) in [6.45, 7) is 3.49. The molecule has 100 valence electrons. The number of nitrogens with one attached hydrogen (secondary N) is 2. The Morgan fingerprint density at radius 2 is 2.11 bits per heavy atom. The number of aliphatic carboxylic acids is 1. The summed E-state index contributed by atoms with van der Waals surface area (Å²) in [6.07, 6.45) is 0.846. The fourth-order valence-electron chi connectivity index (χ4n) is 1.50. The minimum Gasteiger partial charge on any atom is -0.481 e. The molecule has 1 aliphatic rings. The van der Waals surface area contributed by atoms with Crippen LogP contribution in [0, 0.1) is 0 Å². The highest BCUT2D eigenvalue weighted by Crippen LogP contribution is 2.12. The highest BCUT2D eigenvalue weighted by atomic mass is 16.4. The van der Waals surface area contributed by atoms with E-state index in [4.69, 9.17) is 5.11 Å². The molecule has 0 aliphatic carbocycles. The summed E-state index contributed by atoms with van der Waals surface area (Å²) in [7, 11) is 0. The molecule has 0 bridgehead atoms. The number of hydrogen-bond donors (Lipinski definition) is 3. The van der Waals surface area contributed by atoms with Crippen LogP contribution >= 0.6 is 0 Å². The third-order valence-corrected chi connectivity index (χ3v) is 2.58. The smallest absolute Gasteiger partial charge is 0.303 e. The van der Waals surface area contributed by atoms with Crippen molar-refractivity contribution in [3.63, 3.8) is 0 Å². The number of amides is 2. The number of hydrogen-bond acceptors (Lipinski definition) is 4. The van der Waals surface area contributed by atoms with Crippen LogP contribution in [0.15, 0.2) is 5.10 Å². The lowest BCUT2D eigenvalue weighted by atomic mass is 9.97. The Bertz CT molecular complexity index is 401. The number of rotatable bonds is 5. The molecule has 0 fully saturated rings. The summed E-state index contributed by atoms with van der Waals surface area (Å²) in [4.78, 5) is 33.2. The summed E-state index contributed by atoms with van der Waals surface area (Å²) in [5.41, 5.74) is 1.88. The van der Waals surface area contributed by atoms with Crippen LogP contribution in [0.4, 0.5) is 0 Å². The van der Waals surface area contributed by atoms with Gasteiger partial charge in [-0.1, -0.05) is 0 Å². The maximum absolute atomic E-state index is 11.8. The highest BCUT2D eigenvalue weighted by molar-refractivity contribution is 6.39. The molecule has 1 heterocycles. The van der Waals surface area contributed by atoms with E-state index in [2.05, 4.69) is 15.8 Å². The number of carboxylic acids is 1. The molecule has 0 unspecified atom stereocenters. The van der Waals surface area contributed by atoms with Gasteiger partial charge in [-0.05, 0) is 20.3 Å². The van der Waals surface area contributed by atoms with Crippen molar-refractivity contribution in [2.24, 2.45) is 5.10 Å². The molecule has 1 aliphatic heterocycles. The first-order valence-electron chi connectivity index (χ1n) is 5.70. The topological polar surface area (TPSA) is 108 Å². The molecule has 18 heavy (non-hydrogen) atoms. The maximum atomic E-state index is 11.8. The second-order valence-corrected chi connectivity index (χ2v) is 4.83. The largest absolute Gasteiger partial charge is 0.481 e. The van der Waals surface area contributed by atoms with E-state index in [0.717, 1.165) is 0 Å². The van der Waals surface area contributed by atoms with Gasteiger partial charge in [0.15, 0.2) is 0 Å². The summed E-state index contributed by atoms with van der Waals surface area (Å²) in [6, 6.07) is 0. The molecule has 7 nitrogen and oxygen atoms in total. The van der Waals surface area contributed by atoms with Gasteiger partial charge in [-0.15, -0.1) is 0 Å². The van der Waals surface area contributed by atoms with Crippen LogP contribution in [0.2, 0.25) is 0 Å². The van der Waals surface area contributed by atoms with Crippen molar-refractivity contribution >= 4 is 23.5 Å². The summed E-state index contributed by atoms with van der Waals surface area (Å²) in [5, 5.41) is 15.0. The van der Waals surface area contributed by atoms with Gasteiger partial charge < -0.3 is 10.4 Å². The van der Waals surface area contributed by atoms with Crippen molar-refractivity contribution in [3.8, 4) is 0 Å². The van der Waals surface area contributed by atoms with Crippen molar-refractivity contribution in [2.45, 2.75) is 45.1 Å². The SMILES string of the molecule is CC(C)(CCC(=O)O)NC(=O)C1=NNC(=O)CC1. The van der Waals surface area contributed by atoms with E-state index >= 15 is 0 Å². The van der Waals surface area contributed by atoms with Gasteiger partial charge in [0.1, 0.15) is 5.71 Å².